The van der Waals surface area contributed by atoms with Crippen LogP contribution in [0, 0.1) is 10.1 Å². The zero-order chi connectivity index (χ0) is 29.5. The van der Waals surface area contributed by atoms with E-state index in [-0.39, 0.29) is 34.0 Å². The molecule has 2 aliphatic carbocycles. The number of rotatable bonds is 10. The van der Waals surface area contributed by atoms with Gasteiger partial charge in [0.05, 0.1) is 28.6 Å². The zero-order valence-corrected chi connectivity index (χ0v) is 24.1. The fourth-order valence-corrected chi connectivity index (χ4v) is 6.56. The molecule has 10 heteroatoms. The van der Waals surface area contributed by atoms with Crippen LogP contribution in [0.4, 0.5) is 11.4 Å². The highest BCUT2D eigenvalue weighted by molar-refractivity contribution is 7.90. The third-order valence-electron chi connectivity index (χ3n) is 7.86. The summed E-state index contributed by atoms with van der Waals surface area (Å²) in [7, 11) is -4.36. The third kappa shape index (κ3) is 7.24. The number of nitro groups is 1. The van der Waals surface area contributed by atoms with Crippen molar-refractivity contribution in [3.05, 3.63) is 106 Å². The van der Waals surface area contributed by atoms with Crippen molar-refractivity contribution in [1.29, 1.82) is 0 Å². The van der Waals surface area contributed by atoms with E-state index in [0.717, 1.165) is 62.1 Å². The quantitative estimate of drug-likeness (QED) is 0.201. The van der Waals surface area contributed by atoms with Gasteiger partial charge < -0.3 is 10.1 Å². The fraction of sp³-hybridized carbons (Fsp3) is 0.344. The molecule has 2 aliphatic rings. The van der Waals surface area contributed by atoms with Crippen LogP contribution >= 0.6 is 0 Å². The van der Waals surface area contributed by atoms with Crippen LogP contribution in [0.15, 0.2) is 83.8 Å². The van der Waals surface area contributed by atoms with Crippen molar-refractivity contribution in [3.8, 4) is 0 Å². The van der Waals surface area contributed by atoms with Gasteiger partial charge in [-0.1, -0.05) is 61.4 Å². The van der Waals surface area contributed by atoms with E-state index in [4.69, 9.17) is 4.74 Å². The molecule has 9 nitrogen and oxygen atoms in total. The second kappa shape index (κ2) is 13.3. The van der Waals surface area contributed by atoms with Crippen LogP contribution in [0.3, 0.4) is 0 Å². The zero-order valence-electron chi connectivity index (χ0n) is 23.3. The summed E-state index contributed by atoms with van der Waals surface area (Å²) in [5, 5.41) is 15.2. The molecular formula is C32H35N3O6S. The van der Waals surface area contributed by atoms with Gasteiger partial charge in [0, 0.05) is 11.6 Å². The van der Waals surface area contributed by atoms with Crippen LogP contribution in [0.25, 0.3) is 5.57 Å². The lowest BCUT2D eigenvalue weighted by molar-refractivity contribution is -0.384. The van der Waals surface area contributed by atoms with Crippen molar-refractivity contribution in [2.24, 2.45) is 0 Å². The number of carbonyl (C=O) groups is 1. The van der Waals surface area contributed by atoms with E-state index in [2.05, 4.69) is 11.4 Å². The van der Waals surface area contributed by atoms with E-state index in [0.29, 0.717) is 6.61 Å². The summed E-state index contributed by atoms with van der Waals surface area (Å²) >= 11 is 0. The molecule has 1 fully saturated rings. The summed E-state index contributed by atoms with van der Waals surface area (Å²) in [6, 6.07) is 20.1. The number of nitro benzene ring substituents is 1. The van der Waals surface area contributed by atoms with Gasteiger partial charge in [-0.15, -0.1) is 0 Å². The molecule has 3 aromatic rings. The summed E-state index contributed by atoms with van der Waals surface area (Å²) in [6.45, 7) is 0.434. The monoisotopic (exact) mass is 589 g/mol. The Morgan fingerprint density at radius 3 is 2.43 bits per heavy atom. The minimum atomic E-state index is -4.36. The van der Waals surface area contributed by atoms with Crippen molar-refractivity contribution in [1.82, 2.24) is 4.72 Å². The van der Waals surface area contributed by atoms with Gasteiger partial charge in [0.15, 0.2) is 0 Å². The Kier molecular flexibility index (Phi) is 9.34. The molecule has 5 rings (SSSR count). The molecular weight excluding hydrogens is 554 g/mol. The van der Waals surface area contributed by atoms with E-state index in [1.54, 1.807) is 12.1 Å². The molecule has 0 saturated heterocycles. The number of allylic oxidation sites excluding steroid dienone is 2. The highest BCUT2D eigenvalue weighted by Gasteiger charge is 2.29. The molecule has 42 heavy (non-hydrogen) atoms. The summed E-state index contributed by atoms with van der Waals surface area (Å²) in [5.41, 5.74) is 3.29. The Hall–Kier alpha value is -4.02. The van der Waals surface area contributed by atoms with Crippen molar-refractivity contribution in [3.63, 3.8) is 0 Å². The van der Waals surface area contributed by atoms with Crippen LogP contribution < -0.4 is 10.0 Å². The van der Waals surface area contributed by atoms with E-state index >= 15 is 0 Å². The van der Waals surface area contributed by atoms with E-state index in [1.807, 2.05) is 47.2 Å². The highest BCUT2D eigenvalue weighted by atomic mass is 32.2. The van der Waals surface area contributed by atoms with Crippen LogP contribution in [0.1, 0.15) is 72.9 Å². The molecule has 0 aliphatic heterocycles. The van der Waals surface area contributed by atoms with E-state index < -0.39 is 20.9 Å². The molecule has 1 saturated carbocycles. The molecule has 1 amide bonds. The molecule has 0 unspecified atom stereocenters. The number of nitrogens with zero attached hydrogens (tertiary/aromatic N) is 1. The first-order chi connectivity index (χ1) is 20.3. The Morgan fingerprint density at radius 1 is 0.952 bits per heavy atom. The predicted octanol–water partition coefficient (Wildman–Crippen LogP) is 6.61. The molecule has 3 aromatic carbocycles. The summed E-state index contributed by atoms with van der Waals surface area (Å²) in [6.07, 6.45) is 9.87. The number of hydrogen-bond donors (Lipinski definition) is 2. The summed E-state index contributed by atoms with van der Waals surface area (Å²) < 4.78 is 34.4. The average molecular weight is 590 g/mol. The number of amides is 1. The maximum atomic E-state index is 13.1. The van der Waals surface area contributed by atoms with Crippen LogP contribution in [0.5, 0.6) is 0 Å². The molecule has 0 bridgehead atoms. The van der Waals surface area contributed by atoms with Crippen LogP contribution in [-0.2, 0) is 21.4 Å². The van der Waals surface area contributed by atoms with Gasteiger partial charge in [-0.2, -0.15) is 0 Å². The average Bonchev–Trinajstić information content (AvgIpc) is 3.01. The van der Waals surface area contributed by atoms with Gasteiger partial charge >= 0.3 is 0 Å². The smallest absolute Gasteiger partial charge is 0.293 e. The third-order valence-corrected chi connectivity index (χ3v) is 9.19. The van der Waals surface area contributed by atoms with Gasteiger partial charge in [0.1, 0.15) is 5.69 Å². The minimum absolute atomic E-state index is 0.151. The molecule has 0 heterocycles. The molecule has 0 radical (unpaired) electrons. The number of carbonyl (C=O) groups excluding carboxylic acids is 1. The molecule has 0 spiro atoms. The minimum Gasteiger partial charge on any atom is -0.374 e. The van der Waals surface area contributed by atoms with E-state index in [9.17, 15) is 23.3 Å². The molecule has 0 aromatic heterocycles. The number of hydrogen-bond acceptors (Lipinski definition) is 7. The van der Waals surface area contributed by atoms with Gasteiger partial charge in [0.2, 0.25) is 0 Å². The number of nitrogens with one attached hydrogen (secondary N) is 2. The first kappa shape index (κ1) is 29.5. The standard InChI is InChI=1S/C32H35N3O6S/c36-32(26-17-15-25(16-18-26)24-11-5-2-6-12-24)34-42(39,40)27-19-20-28(30(21-27)35(37)38)33-29-13-7-8-14-31(29)41-22-23-9-3-1-4-10-23/h1,3-4,9-11,15-21,29,31,33H,2,5-8,12-14,22H2,(H,34,36)/t29-,31-/m0/s1. The highest BCUT2D eigenvalue weighted by Crippen LogP contribution is 2.32. The maximum absolute atomic E-state index is 13.1. The Bertz CT molecular complexity index is 1550. The topological polar surface area (TPSA) is 128 Å². The SMILES string of the molecule is O=C(NS(=O)(=O)c1ccc(N[C@H]2CCCC[C@@H]2OCc2ccccc2)c([N+](=O)[O-])c1)c1ccc(C2=CCCCC2)cc1. The van der Waals surface area contributed by atoms with Crippen molar-refractivity contribution < 1.29 is 22.9 Å². The van der Waals surface area contributed by atoms with E-state index in [1.165, 1.54) is 24.1 Å². The summed E-state index contributed by atoms with van der Waals surface area (Å²) in [5.74, 6) is -0.801. The largest absolute Gasteiger partial charge is 0.374 e. The Balaban J connectivity index is 1.28. The first-order valence-corrected chi connectivity index (χ1v) is 15.9. The van der Waals surface area contributed by atoms with Crippen molar-refractivity contribution >= 4 is 32.9 Å². The maximum Gasteiger partial charge on any atom is 0.293 e. The predicted molar refractivity (Wildman–Crippen MR) is 162 cm³/mol. The Morgan fingerprint density at radius 2 is 1.71 bits per heavy atom. The second-order valence-corrected chi connectivity index (χ2v) is 12.5. The second-order valence-electron chi connectivity index (χ2n) is 10.8. The summed E-state index contributed by atoms with van der Waals surface area (Å²) in [4.78, 5) is 23.8. The van der Waals surface area contributed by atoms with Crippen molar-refractivity contribution in [2.75, 3.05) is 5.32 Å². The first-order valence-electron chi connectivity index (χ1n) is 14.4. The number of anilines is 1. The Labute approximate surface area is 246 Å². The lowest BCUT2D eigenvalue weighted by Crippen LogP contribution is -2.38. The molecule has 2 atom stereocenters. The fourth-order valence-electron chi connectivity index (χ4n) is 5.57. The van der Waals surface area contributed by atoms with Gasteiger partial charge in [0.25, 0.3) is 21.6 Å². The van der Waals surface area contributed by atoms with Crippen molar-refractivity contribution in [2.45, 2.75) is 75.0 Å². The number of benzene rings is 3. The lowest BCUT2D eigenvalue weighted by Gasteiger charge is -2.32. The van der Waals surface area contributed by atoms with Gasteiger partial charge in [-0.25, -0.2) is 13.1 Å². The van der Waals surface area contributed by atoms with Crippen LogP contribution in [0.2, 0.25) is 0 Å². The number of ether oxygens (including phenoxy) is 1. The lowest BCUT2D eigenvalue weighted by atomic mass is 9.92. The normalized spacial score (nSPS) is 19.0. The number of sulfonamides is 1. The van der Waals surface area contributed by atoms with Gasteiger partial charge in [-0.3, -0.25) is 14.9 Å². The van der Waals surface area contributed by atoms with Gasteiger partial charge in [-0.05, 0) is 79.5 Å². The molecule has 2 N–H and O–H groups in total. The van der Waals surface area contributed by atoms with Crippen LogP contribution in [-0.4, -0.2) is 31.4 Å². The molecule has 220 valence electrons.